The number of likely N-dealkylation sites (N-methyl/N-ethyl adjacent to an activating group) is 1. The molecular formula is C41H75NO2. The minimum Gasteiger partial charge on any atom is -0.379 e. The van der Waals surface area contributed by atoms with Crippen molar-refractivity contribution in [2.24, 2.45) is 0 Å². The summed E-state index contributed by atoms with van der Waals surface area (Å²) in [7, 11) is 4.22. The summed E-state index contributed by atoms with van der Waals surface area (Å²) < 4.78 is 12.2. The summed E-state index contributed by atoms with van der Waals surface area (Å²) in [6, 6.07) is 0. The van der Waals surface area contributed by atoms with Gasteiger partial charge in [-0.3, -0.25) is 0 Å². The molecule has 1 unspecified atom stereocenters. The molecule has 0 heterocycles. The van der Waals surface area contributed by atoms with Crippen molar-refractivity contribution in [3.63, 3.8) is 0 Å². The van der Waals surface area contributed by atoms with Crippen LogP contribution < -0.4 is 0 Å². The molecule has 0 rings (SSSR count). The van der Waals surface area contributed by atoms with Gasteiger partial charge >= 0.3 is 0 Å². The molecule has 0 spiro atoms. The van der Waals surface area contributed by atoms with Crippen LogP contribution in [0.5, 0.6) is 0 Å². The largest absolute Gasteiger partial charge is 0.379 e. The van der Waals surface area contributed by atoms with E-state index in [4.69, 9.17) is 9.47 Å². The maximum Gasteiger partial charge on any atom is 0.0934 e. The molecule has 0 fully saturated rings. The predicted octanol–water partition coefficient (Wildman–Crippen LogP) is 12.4. The lowest BCUT2D eigenvalue weighted by Gasteiger charge is -2.21. The predicted molar refractivity (Wildman–Crippen MR) is 200 cm³/mol. The monoisotopic (exact) mass is 614 g/mol. The van der Waals surface area contributed by atoms with Crippen molar-refractivity contribution in [2.75, 3.05) is 40.5 Å². The van der Waals surface area contributed by atoms with Crippen molar-refractivity contribution in [3.05, 3.63) is 72.9 Å². The highest BCUT2D eigenvalue weighted by molar-refractivity contribution is 4.98. The third kappa shape index (κ3) is 38.3. The quantitative estimate of drug-likeness (QED) is 0.0556. The first-order valence-corrected chi connectivity index (χ1v) is 17.9. The minimum atomic E-state index is 0. The molecule has 0 radical (unpaired) electrons. The molecule has 0 aliphatic rings. The highest BCUT2D eigenvalue weighted by atomic mass is 16.5. The Morgan fingerprint density at radius 2 is 0.886 bits per heavy atom. The van der Waals surface area contributed by atoms with Crippen molar-refractivity contribution in [2.45, 2.75) is 149 Å². The van der Waals surface area contributed by atoms with E-state index in [0.717, 1.165) is 58.3 Å². The Bertz CT molecular complexity index is 716. The highest BCUT2D eigenvalue weighted by Gasteiger charge is 2.10. The summed E-state index contributed by atoms with van der Waals surface area (Å²) >= 11 is 0. The maximum atomic E-state index is 6.18. The fourth-order valence-corrected chi connectivity index (χ4v) is 4.60. The van der Waals surface area contributed by atoms with E-state index in [0.29, 0.717) is 6.61 Å². The van der Waals surface area contributed by atoms with E-state index in [9.17, 15) is 0 Å². The van der Waals surface area contributed by atoms with Crippen LogP contribution in [0.2, 0.25) is 0 Å². The molecular weight excluding hydrogens is 538 g/mol. The molecule has 0 N–H and O–H groups in total. The van der Waals surface area contributed by atoms with Crippen LogP contribution in [0.25, 0.3) is 0 Å². The lowest BCUT2D eigenvalue weighted by molar-refractivity contribution is -0.0287. The second-order valence-corrected chi connectivity index (χ2v) is 11.9. The van der Waals surface area contributed by atoms with Gasteiger partial charge in [-0.25, -0.2) is 0 Å². The molecule has 0 bridgehead atoms. The number of hydrogen-bond donors (Lipinski definition) is 0. The van der Waals surface area contributed by atoms with Crippen LogP contribution in [0.3, 0.4) is 0 Å². The van der Waals surface area contributed by atoms with Gasteiger partial charge in [0.05, 0.1) is 12.7 Å². The van der Waals surface area contributed by atoms with E-state index in [-0.39, 0.29) is 13.5 Å². The van der Waals surface area contributed by atoms with Crippen LogP contribution in [-0.2, 0) is 9.47 Å². The van der Waals surface area contributed by atoms with Gasteiger partial charge in [-0.2, -0.15) is 0 Å². The molecule has 0 aliphatic heterocycles. The molecule has 0 aliphatic carbocycles. The zero-order chi connectivity index (χ0) is 31.3. The van der Waals surface area contributed by atoms with E-state index in [1.807, 2.05) is 0 Å². The van der Waals surface area contributed by atoms with Gasteiger partial charge < -0.3 is 14.4 Å². The summed E-state index contributed by atoms with van der Waals surface area (Å²) in [6.07, 6.45) is 50.5. The molecule has 1 atom stereocenters. The first kappa shape index (κ1) is 44.4. The zero-order valence-electron chi connectivity index (χ0n) is 29.0. The van der Waals surface area contributed by atoms with Gasteiger partial charge in [-0.15, -0.1) is 0 Å². The van der Waals surface area contributed by atoms with Crippen molar-refractivity contribution in [3.8, 4) is 0 Å². The van der Waals surface area contributed by atoms with Gasteiger partial charge in [0.15, 0.2) is 0 Å². The first-order valence-electron chi connectivity index (χ1n) is 17.9. The van der Waals surface area contributed by atoms with Crippen LogP contribution in [0.1, 0.15) is 143 Å². The van der Waals surface area contributed by atoms with E-state index in [2.05, 4.69) is 106 Å². The Labute approximate surface area is 276 Å². The highest BCUT2D eigenvalue weighted by Crippen LogP contribution is 2.07. The van der Waals surface area contributed by atoms with E-state index in [1.54, 1.807) is 0 Å². The number of unbranched alkanes of at least 4 members (excludes halogenated alkanes) is 11. The summed E-state index contributed by atoms with van der Waals surface area (Å²) in [6.45, 7) is 7.78. The molecule has 0 aromatic carbocycles. The van der Waals surface area contributed by atoms with Gasteiger partial charge in [-0.1, -0.05) is 133 Å². The van der Waals surface area contributed by atoms with Crippen LogP contribution in [0.4, 0.5) is 0 Å². The van der Waals surface area contributed by atoms with Gasteiger partial charge in [0.2, 0.25) is 0 Å². The second kappa shape index (κ2) is 39.3. The maximum absolute atomic E-state index is 6.18. The molecule has 0 saturated carbocycles. The van der Waals surface area contributed by atoms with Gasteiger partial charge in [-0.05, 0) is 97.6 Å². The summed E-state index contributed by atoms with van der Waals surface area (Å²) in [4.78, 5) is 2.20. The number of hydrogen-bond acceptors (Lipinski definition) is 3. The van der Waals surface area contributed by atoms with Crippen LogP contribution in [0.15, 0.2) is 72.9 Å². The molecule has 0 amide bonds. The molecule has 0 saturated heterocycles. The van der Waals surface area contributed by atoms with Crippen LogP contribution >= 0.6 is 0 Å². The number of nitrogens with zero attached hydrogens (tertiary/aromatic N) is 1. The smallest absolute Gasteiger partial charge is 0.0934 e. The Balaban J connectivity index is 0. The van der Waals surface area contributed by atoms with Gasteiger partial charge in [0.25, 0.3) is 0 Å². The molecule has 44 heavy (non-hydrogen) atoms. The Kier molecular flexibility index (Phi) is 39.7. The summed E-state index contributed by atoms with van der Waals surface area (Å²) in [5.41, 5.74) is 0. The fraction of sp³-hybridized carbons (Fsp3) is 0.707. The molecule has 256 valence electrons. The van der Waals surface area contributed by atoms with E-state index >= 15 is 0 Å². The van der Waals surface area contributed by atoms with Crippen molar-refractivity contribution in [1.29, 1.82) is 0 Å². The summed E-state index contributed by atoms with van der Waals surface area (Å²) in [5.74, 6) is 0. The molecule has 0 aromatic heterocycles. The van der Waals surface area contributed by atoms with Crippen LogP contribution in [0, 0.1) is 0 Å². The van der Waals surface area contributed by atoms with Crippen LogP contribution in [-0.4, -0.2) is 51.5 Å². The van der Waals surface area contributed by atoms with E-state index in [1.165, 1.54) is 83.5 Å². The van der Waals surface area contributed by atoms with Gasteiger partial charge in [0.1, 0.15) is 0 Å². The molecule has 0 aromatic rings. The van der Waals surface area contributed by atoms with Crippen molar-refractivity contribution < 1.29 is 9.47 Å². The first-order chi connectivity index (χ1) is 21.2. The Hall–Kier alpha value is -1.68. The Morgan fingerprint density at radius 3 is 1.34 bits per heavy atom. The zero-order valence-corrected chi connectivity index (χ0v) is 29.0. The second-order valence-electron chi connectivity index (χ2n) is 11.9. The lowest BCUT2D eigenvalue weighted by atomic mass is 10.2. The number of ether oxygens (including phenoxy) is 2. The van der Waals surface area contributed by atoms with Crippen molar-refractivity contribution >= 4 is 0 Å². The number of allylic oxidation sites excluding steroid dienone is 12. The Morgan fingerprint density at radius 1 is 0.477 bits per heavy atom. The fourth-order valence-electron chi connectivity index (χ4n) is 4.60. The normalized spacial score (nSPS) is 13.3. The summed E-state index contributed by atoms with van der Waals surface area (Å²) in [5, 5.41) is 0. The number of rotatable bonds is 32. The minimum absolute atomic E-state index is 0. The standard InChI is InChI=1S/C40H71NO2.CH4/c1-5-7-9-11-13-15-17-19-21-23-25-27-29-31-33-35-37-43-40(38-41(3)4)39-42-36-34-32-30-28-26-24-22-20-18-16-14-12-10-8-6-2;/h12-15,18-21,24-27,40H,5-11,16-17,22-23,28-39H2,1-4H3;1H4/b14-12-,15-13-,20-18-,21-19-,26-24-,27-25-;. The van der Waals surface area contributed by atoms with E-state index < -0.39 is 0 Å². The third-order valence-electron chi connectivity index (χ3n) is 7.19. The average Bonchev–Trinajstić information content (AvgIpc) is 2.99. The third-order valence-corrected chi connectivity index (χ3v) is 7.19. The topological polar surface area (TPSA) is 21.7 Å². The van der Waals surface area contributed by atoms with Gasteiger partial charge in [0, 0.05) is 19.8 Å². The average molecular weight is 614 g/mol. The SMILES string of the molecule is C.CCCC/C=C\C/C=C\C/C=C\CCCCCOCC(CN(C)C)OCCCCC/C=C\C/C=C\C/C=C\CCCCC. The lowest BCUT2D eigenvalue weighted by Crippen LogP contribution is -2.32. The van der Waals surface area contributed by atoms with Crippen molar-refractivity contribution in [1.82, 2.24) is 4.90 Å². The molecule has 3 heteroatoms. The molecule has 3 nitrogen and oxygen atoms in total.